The second-order valence-corrected chi connectivity index (χ2v) is 6.00. The molecule has 0 N–H and O–H groups in total. The van der Waals surface area contributed by atoms with Gasteiger partial charge in [-0.25, -0.2) is 0 Å². The first-order valence-electron chi connectivity index (χ1n) is 6.78. The van der Waals surface area contributed by atoms with Gasteiger partial charge in [0.1, 0.15) is 6.10 Å². The Morgan fingerprint density at radius 3 is 2.76 bits per heavy atom. The standard InChI is InChI=1S/C13H22N2O2/c1-14-6-4-13(9-14)5-7-15(10-13)12(16)11-3-2-8-17-11/h11H,2-10H2,1H3/t11-,13+/m1/s1. The summed E-state index contributed by atoms with van der Waals surface area (Å²) < 4.78 is 5.50. The van der Waals surface area contributed by atoms with Gasteiger partial charge in [0.15, 0.2) is 0 Å². The summed E-state index contributed by atoms with van der Waals surface area (Å²) in [7, 11) is 2.18. The lowest BCUT2D eigenvalue weighted by Gasteiger charge is -2.25. The predicted octanol–water partition coefficient (Wildman–Crippen LogP) is 0.720. The largest absolute Gasteiger partial charge is 0.368 e. The highest BCUT2D eigenvalue weighted by atomic mass is 16.5. The van der Waals surface area contributed by atoms with E-state index in [1.807, 2.05) is 0 Å². The third-order valence-electron chi connectivity index (χ3n) is 4.58. The molecule has 0 aromatic rings. The van der Waals surface area contributed by atoms with Gasteiger partial charge in [-0.3, -0.25) is 4.79 Å². The molecule has 0 saturated carbocycles. The molecule has 3 fully saturated rings. The van der Waals surface area contributed by atoms with Crippen molar-refractivity contribution in [2.75, 3.05) is 39.8 Å². The minimum absolute atomic E-state index is 0.135. The van der Waals surface area contributed by atoms with Crippen molar-refractivity contribution in [2.24, 2.45) is 5.41 Å². The maximum Gasteiger partial charge on any atom is 0.251 e. The lowest BCUT2D eigenvalue weighted by molar-refractivity contribution is -0.140. The van der Waals surface area contributed by atoms with Crippen LogP contribution in [0.1, 0.15) is 25.7 Å². The number of amides is 1. The van der Waals surface area contributed by atoms with E-state index in [0.717, 1.165) is 39.1 Å². The van der Waals surface area contributed by atoms with Gasteiger partial charge < -0.3 is 14.5 Å². The molecule has 1 spiro atoms. The molecule has 3 rings (SSSR count). The van der Waals surface area contributed by atoms with Gasteiger partial charge in [-0.1, -0.05) is 0 Å². The van der Waals surface area contributed by atoms with Crippen LogP contribution in [0.25, 0.3) is 0 Å². The molecule has 3 aliphatic heterocycles. The average Bonchev–Trinajstić information content (AvgIpc) is 3.02. The van der Waals surface area contributed by atoms with Gasteiger partial charge in [0.2, 0.25) is 0 Å². The van der Waals surface area contributed by atoms with E-state index in [-0.39, 0.29) is 12.0 Å². The minimum atomic E-state index is -0.135. The summed E-state index contributed by atoms with van der Waals surface area (Å²) in [6, 6.07) is 0. The molecule has 0 aromatic heterocycles. The van der Waals surface area contributed by atoms with Crippen LogP contribution in [0, 0.1) is 5.41 Å². The highest BCUT2D eigenvalue weighted by Crippen LogP contribution is 2.39. The lowest BCUT2D eigenvalue weighted by Crippen LogP contribution is -2.39. The number of ether oxygens (including phenoxy) is 1. The summed E-state index contributed by atoms with van der Waals surface area (Å²) in [5, 5.41) is 0. The van der Waals surface area contributed by atoms with Crippen LogP contribution in [0.4, 0.5) is 0 Å². The molecule has 4 nitrogen and oxygen atoms in total. The van der Waals surface area contributed by atoms with E-state index in [2.05, 4.69) is 16.8 Å². The SMILES string of the molecule is CN1CC[C@]2(CCN(C(=O)[C@H]3CCCO3)C2)C1. The molecule has 3 saturated heterocycles. The number of hydrogen-bond donors (Lipinski definition) is 0. The summed E-state index contributed by atoms with van der Waals surface area (Å²) in [6.45, 7) is 4.99. The van der Waals surface area contributed by atoms with Gasteiger partial charge in [-0.2, -0.15) is 0 Å². The van der Waals surface area contributed by atoms with Crippen molar-refractivity contribution < 1.29 is 9.53 Å². The molecule has 96 valence electrons. The van der Waals surface area contributed by atoms with E-state index in [1.54, 1.807) is 0 Å². The van der Waals surface area contributed by atoms with Crippen molar-refractivity contribution in [3.63, 3.8) is 0 Å². The molecule has 3 aliphatic rings. The molecule has 0 aromatic carbocycles. The Morgan fingerprint density at radius 2 is 2.12 bits per heavy atom. The highest BCUT2D eigenvalue weighted by Gasteiger charge is 2.45. The summed E-state index contributed by atoms with van der Waals surface area (Å²) in [4.78, 5) is 16.7. The van der Waals surface area contributed by atoms with Crippen molar-refractivity contribution in [3.05, 3.63) is 0 Å². The average molecular weight is 238 g/mol. The molecule has 4 heteroatoms. The quantitative estimate of drug-likeness (QED) is 0.675. The van der Waals surface area contributed by atoms with Gasteiger partial charge in [0.05, 0.1) is 0 Å². The molecular weight excluding hydrogens is 216 g/mol. The van der Waals surface area contributed by atoms with Gasteiger partial charge in [0.25, 0.3) is 5.91 Å². The maximum atomic E-state index is 12.3. The fraction of sp³-hybridized carbons (Fsp3) is 0.923. The third kappa shape index (κ3) is 2.08. The summed E-state index contributed by atoms with van der Waals surface area (Å²) in [5.74, 6) is 0.244. The van der Waals surface area contributed by atoms with Crippen LogP contribution in [0.3, 0.4) is 0 Å². The molecular formula is C13H22N2O2. The number of carbonyl (C=O) groups is 1. The van der Waals surface area contributed by atoms with Crippen molar-refractivity contribution in [1.29, 1.82) is 0 Å². The topological polar surface area (TPSA) is 32.8 Å². The number of nitrogens with zero attached hydrogens (tertiary/aromatic N) is 2. The van der Waals surface area contributed by atoms with E-state index < -0.39 is 0 Å². The minimum Gasteiger partial charge on any atom is -0.368 e. The normalized spacial score (nSPS) is 38.4. The number of likely N-dealkylation sites (tertiary alicyclic amines) is 2. The monoisotopic (exact) mass is 238 g/mol. The zero-order valence-corrected chi connectivity index (χ0v) is 10.7. The van der Waals surface area contributed by atoms with E-state index in [9.17, 15) is 4.79 Å². The zero-order valence-electron chi connectivity index (χ0n) is 10.7. The van der Waals surface area contributed by atoms with Crippen molar-refractivity contribution in [1.82, 2.24) is 9.80 Å². The highest BCUT2D eigenvalue weighted by molar-refractivity contribution is 5.81. The Kier molecular flexibility index (Phi) is 2.87. The fourth-order valence-electron chi connectivity index (χ4n) is 3.59. The van der Waals surface area contributed by atoms with Crippen LogP contribution < -0.4 is 0 Å². The molecule has 0 unspecified atom stereocenters. The van der Waals surface area contributed by atoms with E-state index in [4.69, 9.17) is 4.74 Å². The van der Waals surface area contributed by atoms with Crippen LogP contribution in [-0.2, 0) is 9.53 Å². The van der Waals surface area contributed by atoms with Crippen LogP contribution in [-0.4, -0.2) is 61.6 Å². The smallest absolute Gasteiger partial charge is 0.251 e. The van der Waals surface area contributed by atoms with Crippen LogP contribution >= 0.6 is 0 Å². The summed E-state index contributed by atoms with van der Waals surface area (Å²) >= 11 is 0. The summed E-state index contributed by atoms with van der Waals surface area (Å²) in [6.07, 6.45) is 4.25. The zero-order chi connectivity index (χ0) is 11.9. The first-order chi connectivity index (χ1) is 8.19. The van der Waals surface area contributed by atoms with E-state index in [1.165, 1.54) is 19.4 Å². The first kappa shape index (κ1) is 11.5. The Bertz CT molecular complexity index is 315. The van der Waals surface area contributed by atoms with Gasteiger partial charge >= 0.3 is 0 Å². The van der Waals surface area contributed by atoms with Crippen LogP contribution in [0.15, 0.2) is 0 Å². The van der Waals surface area contributed by atoms with E-state index >= 15 is 0 Å². The Labute approximate surface area is 103 Å². The van der Waals surface area contributed by atoms with Gasteiger partial charge in [-0.15, -0.1) is 0 Å². The molecule has 0 radical (unpaired) electrons. The van der Waals surface area contributed by atoms with E-state index in [0.29, 0.717) is 5.41 Å². The first-order valence-corrected chi connectivity index (χ1v) is 6.78. The molecule has 2 atom stereocenters. The molecule has 0 aliphatic carbocycles. The van der Waals surface area contributed by atoms with Crippen molar-refractivity contribution >= 4 is 5.91 Å². The Morgan fingerprint density at radius 1 is 1.29 bits per heavy atom. The van der Waals surface area contributed by atoms with Gasteiger partial charge in [0, 0.05) is 31.7 Å². The van der Waals surface area contributed by atoms with Crippen LogP contribution in [0.5, 0.6) is 0 Å². The number of hydrogen-bond acceptors (Lipinski definition) is 3. The Balaban J connectivity index is 1.61. The predicted molar refractivity (Wildman–Crippen MR) is 64.7 cm³/mol. The molecule has 3 heterocycles. The number of carbonyl (C=O) groups excluding carboxylic acids is 1. The molecule has 1 amide bonds. The third-order valence-corrected chi connectivity index (χ3v) is 4.58. The number of rotatable bonds is 1. The molecule has 17 heavy (non-hydrogen) atoms. The van der Waals surface area contributed by atoms with Crippen molar-refractivity contribution in [2.45, 2.75) is 31.8 Å². The van der Waals surface area contributed by atoms with Gasteiger partial charge in [-0.05, 0) is 39.3 Å². The second kappa shape index (κ2) is 4.25. The van der Waals surface area contributed by atoms with Crippen molar-refractivity contribution in [3.8, 4) is 0 Å². The summed E-state index contributed by atoms with van der Waals surface area (Å²) in [5.41, 5.74) is 0.392. The Hall–Kier alpha value is -0.610. The fourth-order valence-corrected chi connectivity index (χ4v) is 3.59. The lowest BCUT2D eigenvalue weighted by atomic mass is 9.86. The molecule has 0 bridgehead atoms. The second-order valence-electron chi connectivity index (χ2n) is 6.00. The van der Waals surface area contributed by atoms with Crippen LogP contribution in [0.2, 0.25) is 0 Å². The maximum absolute atomic E-state index is 12.3.